The number of nitrogens with one attached hydrogen (secondary N) is 2. The van der Waals surface area contributed by atoms with Crippen LogP contribution in [0, 0.1) is 0 Å². The van der Waals surface area contributed by atoms with Crippen LogP contribution in [0.2, 0.25) is 0 Å². The number of hydrogen-bond donors (Lipinski definition) is 4. The maximum Gasteiger partial charge on any atom is 0.407 e. The summed E-state index contributed by atoms with van der Waals surface area (Å²) in [5, 5.41) is 24.1. The molecule has 0 saturated heterocycles. The molecule has 1 aliphatic rings. The second kappa shape index (κ2) is 8.11. The Morgan fingerprint density at radius 3 is 2.63 bits per heavy atom. The first kappa shape index (κ1) is 15.9. The molecule has 0 aromatic carbocycles. The van der Waals surface area contributed by atoms with Gasteiger partial charge in [0.2, 0.25) is 6.41 Å². The lowest BCUT2D eigenvalue weighted by molar-refractivity contribution is -0.145. The fourth-order valence-corrected chi connectivity index (χ4v) is 1.79. The monoisotopic (exact) mass is 274 g/mol. The fraction of sp³-hybridized carbons (Fsp3) is 0.750. The molecule has 0 aromatic rings. The summed E-state index contributed by atoms with van der Waals surface area (Å²) in [6.45, 7) is 0. The van der Waals surface area contributed by atoms with E-state index in [2.05, 4.69) is 10.6 Å². The average Bonchev–Trinajstić information content (AvgIpc) is 2.39. The zero-order valence-electron chi connectivity index (χ0n) is 11.2. The lowest BCUT2D eigenvalue weighted by Gasteiger charge is -2.25. The first-order valence-electron chi connectivity index (χ1n) is 6.30. The molecular formula is C12H22N2O5. The Hall–Kier alpha value is -1.15. The van der Waals surface area contributed by atoms with Gasteiger partial charge in [-0.15, -0.1) is 0 Å². The van der Waals surface area contributed by atoms with E-state index in [1.165, 1.54) is 7.05 Å². The minimum absolute atomic E-state index is 0.391. The SMILES string of the molecule is CNC(=O)OC1/C=C/C(OC(O)NC)CC(O)CC1. The quantitative estimate of drug-likeness (QED) is 0.414. The van der Waals surface area contributed by atoms with Gasteiger partial charge in [-0.05, 0) is 26.0 Å². The lowest BCUT2D eigenvalue weighted by Crippen LogP contribution is -2.34. The zero-order chi connectivity index (χ0) is 14.3. The number of aliphatic hydroxyl groups excluding tert-OH is 2. The van der Waals surface area contributed by atoms with Crippen molar-refractivity contribution >= 4 is 6.09 Å². The van der Waals surface area contributed by atoms with Gasteiger partial charge in [0.25, 0.3) is 0 Å². The van der Waals surface area contributed by atoms with Crippen LogP contribution in [0.1, 0.15) is 19.3 Å². The van der Waals surface area contributed by atoms with Crippen LogP contribution in [0.15, 0.2) is 12.2 Å². The molecule has 0 spiro atoms. The van der Waals surface area contributed by atoms with Crippen molar-refractivity contribution in [2.75, 3.05) is 14.1 Å². The number of amides is 1. The van der Waals surface area contributed by atoms with E-state index in [0.717, 1.165) is 0 Å². The number of rotatable bonds is 4. The molecule has 1 rings (SSSR count). The smallest absolute Gasteiger partial charge is 0.407 e. The standard InChI is InChI=1S/C12H22N2O5/c1-13-11(16)18-9-4-3-8(15)7-10(6-5-9)19-12(17)14-2/h5-6,8-10,12,14-15,17H,3-4,7H2,1-2H3,(H,13,16)/b6-5+. The molecule has 0 saturated carbocycles. The largest absolute Gasteiger partial charge is 0.442 e. The van der Waals surface area contributed by atoms with Crippen LogP contribution < -0.4 is 10.6 Å². The highest BCUT2D eigenvalue weighted by molar-refractivity contribution is 5.67. The average molecular weight is 274 g/mol. The number of carbonyl (C=O) groups is 1. The number of carbonyl (C=O) groups excluding carboxylic acids is 1. The van der Waals surface area contributed by atoms with Crippen LogP contribution in [-0.4, -0.2) is 55.1 Å². The minimum atomic E-state index is -1.10. The van der Waals surface area contributed by atoms with Crippen LogP contribution in [0.5, 0.6) is 0 Å². The van der Waals surface area contributed by atoms with Gasteiger partial charge in [0, 0.05) is 13.5 Å². The molecule has 0 heterocycles. The summed E-state index contributed by atoms with van der Waals surface area (Å²) in [6.07, 6.45) is 1.83. The van der Waals surface area contributed by atoms with Crippen molar-refractivity contribution < 1.29 is 24.5 Å². The number of hydrogen-bond acceptors (Lipinski definition) is 6. The van der Waals surface area contributed by atoms with Crippen molar-refractivity contribution in [2.45, 2.75) is 44.0 Å². The van der Waals surface area contributed by atoms with Gasteiger partial charge in [-0.25, -0.2) is 4.79 Å². The van der Waals surface area contributed by atoms with E-state index >= 15 is 0 Å². The first-order valence-corrected chi connectivity index (χ1v) is 6.30. The topological polar surface area (TPSA) is 100 Å². The Morgan fingerprint density at radius 2 is 2.00 bits per heavy atom. The maximum atomic E-state index is 11.2. The molecule has 0 radical (unpaired) electrons. The highest BCUT2D eigenvalue weighted by atomic mass is 16.6. The molecule has 7 heteroatoms. The molecule has 110 valence electrons. The minimum Gasteiger partial charge on any atom is -0.442 e. The van der Waals surface area contributed by atoms with Gasteiger partial charge in [0.05, 0.1) is 12.2 Å². The summed E-state index contributed by atoms with van der Waals surface area (Å²) >= 11 is 0. The number of alkyl carbamates (subject to hydrolysis) is 1. The Morgan fingerprint density at radius 1 is 1.32 bits per heavy atom. The summed E-state index contributed by atoms with van der Waals surface area (Å²) in [5.74, 6) is 0. The molecular weight excluding hydrogens is 252 g/mol. The molecule has 0 bridgehead atoms. The van der Waals surface area contributed by atoms with E-state index in [1.54, 1.807) is 19.2 Å². The predicted octanol–water partition coefficient (Wildman–Crippen LogP) is -0.307. The third-order valence-electron chi connectivity index (χ3n) is 2.84. The maximum absolute atomic E-state index is 11.2. The molecule has 19 heavy (non-hydrogen) atoms. The summed E-state index contributed by atoms with van der Waals surface area (Å²) in [5.41, 5.74) is 0. The normalized spacial score (nSPS) is 30.8. The van der Waals surface area contributed by atoms with Crippen molar-refractivity contribution in [3.63, 3.8) is 0 Å². The Kier molecular flexibility index (Phi) is 6.79. The van der Waals surface area contributed by atoms with Gasteiger partial charge >= 0.3 is 6.09 Å². The van der Waals surface area contributed by atoms with Gasteiger partial charge < -0.3 is 25.0 Å². The van der Waals surface area contributed by atoms with E-state index in [9.17, 15) is 15.0 Å². The molecule has 0 aliphatic heterocycles. The molecule has 0 aromatic heterocycles. The Balaban J connectivity index is 2.61. The third kappa shape index (κ3) is 6.02. The van der Waals surface area contributed by atoms with Gasteiger partial charge in [-0.2, -0.15) is 0 Å². The fourth-order valence-electron chi connectivity index (χ4n) is 1.79. The van der Waals surface area contributed by atoms with Crippen molar-refractivity contribution in [3.8, 4) is 0 Å². The first-order chi connectivity index (χ1) is 9.05. The lowest BCUT2D eigenvalue weighted by atomic mass is 10.00. The zero-order valence-corrected chi connectivity index (χ0v) is 11.2. The second-order valence-corrected chi connectivity index (χ2v) is 4.36. The van der Waals surface area contributed by atoms with Crippen LogP contribution in [-0.2, 0) is 9.47 Å². The van der Waals surface area contributed by atoms with Crippen molar-refractivity contribution in [3.05, 3.63) is 12.2 Å². The predicted molar refractivity (Wildman–Crippen MR) is 68.3 cm³/mol. The highest BCUT2D eigenvalue weighted by Gasteiger charge is 2.21. The van der Waals surface area contributed by atoms with Crippen LogP contribution >= 0.6 is 0 Å². The highest BCUT2D eigenvalue weighted by Crippen LogP contribution is 2.18. The van der Waals surface area contributed by atoms with E-state index < -0.39 is 30.8 Å². The summed E-state index contributed by atoms with van der Waals surface area (Å²) in [6, 6.07) is 0. The van der Waals surface area contributed by atoms with E-state index in [0.29, 0.717) is 19.3 Å². The van der Waals surface area contributed by atoms with E-state index in [4.69, 9.17) is 9.47 Å². The van der Waals surface area contributed by atoms with Crippen molar-refractivity contribution in [2.24, 2.45) is 0 Å². The van der Waals surface area contributed by atoms with Crippen LogP contribution in [0.3, 0.4) is 0 Å². The van der Waals surface area contributed by atoms with E-state index in [1.807, 2.05) is 0 Å². The van der Waals surface area contributed by atoms with Crippen molar-refractivity contribution in [1.29, 1.82) is 0 Å². The molecule has 0 fully saturated rings. The Labute approximate surface area is 112 Å². The van der Waals surface area contributed by atoms with Gasteiger partial charge in [0.15, 0.2) is 0 Å². The third-order valence-corrected chi connectivity index (χ3v) is 2.84. The Bertz CT molecular complexity index is 310. The van der Waals surface area contributed by atoms with Gasteiger partial charge in [-0.3, -0.25) is 5.32 Å². The molecule has 4 unspecified atom stereocenters. The summed E-state index contributed by atoms with van der Waals surface area (Å²) in [4.78, 5) is 11.2. The molecule has 1 aliphatic carbocycles. The summed E-state index contributed by atoms with van der Waals surface area (Å²) in [7, 11) is 3.05. The molecule has 1 amide bonds. The second-order valence-electron chi connectivity index (χ2n) is 4.36. The number of aliphatic hydroxyl groups is 2. The molecule has 7 nitrogen and oxygen atoms in total. The van der Waals surface area contributed by atoms with Crippen LogP contribution in [0.25, 0.3) is 0 Å². The van der Waals surface area contributed by atoms with Gasteiger partial charge in [-0.1, -0.05) is 6.08 Å². The van der Waals surface area contributed by atoms with Crippen molar-refractivity contribution in [1.82, 2.24) is 10.6 Å². The van der Waals surface area contributed by atoms with Crippen LogP contribution in [0.4, 0.5) is 4.79 Å². The van der Waals surface area contributed by atoms with E-state index in [-0.39, 0.29) is 0 Å². The number of ether oxygens (including phenoxy) is 2. The molecule has 4 N–H and O–H groups in total. The molecule has 4 atom stereocenters. The summed E-state index contributed by atoms with van der Waals surface area (Å²) < 4.78 is 10.4. The van der Waals surface area contributed by atoms with Gasteiger partial charge in [0.1, 0.15) is 6.10 Å².